The number of hydrogen-bond acceptors (Lipinski definition) is 10. The molecule has 0 aliphatic rings. The van der Waals surface area contributed by atoms with Crippen molar-refractivity contribution >= 4 is 41.0 Å². The van der Waals surface area contributed by atoms with Crippen molar-refractivity contribution in [2.24, 2.45) is 5.10 Å². The standard InChI is InChI=1S/C17H14N8O2S2/c18-15-16(23-27-22-15)25-13(10-29-12-4-2-1-3-5-12)14(20-24-25)17(26)21-19-8-11-6-7-28-9-11/h1-9H,10H2,(H2,18,22)(H,21,26)/b19-8-. The molecule has 0 spiro atoms. The molecule has 29 heavy (non-hydrogen) atoms. The Labute approximate surface area is 172 Å². The Morgan fingerprint density at radius 2 is 2.17 bits per heavy atom. The van der Waals surface area contributed by atoms with Crippen LogP contribution < -0.4 is 11.2 Å². The van der Waals surface area contributed by atoms with Gasteiger partial charge in [0.25, 0.3) is 5.91 Å². The molecule has 0 radical (unpaired) electrons. The van der Waals surface area contributed by atoms with E-state index in [9.17, 15) is 4.79 Å². The van der Waals surface area contributed by atoms with Crippen LogP contribution in [0.1, 0.15) is 21.7 Å². The van der Waals surface area contributed by atoms with E-state index in [0.29, 0.717) is 11.4 Å². The Balaban J connectivity index is 1.59. The lowest BCUT2D eigenvalue weighted by Gasteiger charge is -2.05. The maximum atomic E-state index is 12.6. The summed E-state index contributed by atoms with van der Waals surface area (Å²) in [6.45, 7) is 0. The fraction of sp³-hybridized carbons (Fsp3) is 0.0588. The van der Waals surface area contributed by atoms with Gasteiger partial charge in [-0.3, -0.25) is 4.79 Å². The largest absolute Gasteiger partial charge is 0.378 e. The Hall–Kier alpha value is -3.51. The molecule has 0 saturated heterocycles. The first-order valence-electron chi connectivity index (χ1n) is 8.29. The summed E-state index contributed by atoms with van der Waals surface area (Å²) in [4.78, 5) is 13.7. The fourth-order valence-electron chi connectivity index (χ4n) is 2.35. The normalized spacial score (nSPS) is 11.2. The SMILES string of the molecule is Nc1nonc1-n1nnc(C(=O)N/N=C\c2ccsc2)c1CSc1ccccc1. The van der Waals surface area contributed by atoms with E-state index in [1.807, 2.05) is 47.2 Å². The summed E-state index contributed by atoms with van der Waals surface area (Å²) < 4.78 is 6.00. The number of nitrogens with one attached hydrogen (secondary N) is 1. The van der Waals surface area contributed by atoms with E-state index in [1.165, 1.54) is 27.8 Å². The summed E-state index contributed by atoms with van der Waals surface area (Å²) in [5.41, 5.74) is 9.74. The lowest BCUT2D eigenvalue weighted by molar-refractivity contribution is 0.0949. The topological polar surface area (TPSA) is 137 Å². The van der Waals surface area contributed by atoms with Gasteiger partial charge in [-0.05, 0) is 39.3 Å². The van der Waals surface area contributed by atoms with Crippen molar-refractivity contribution in [3.8, 4) is 5.82 Å². The quantitative estimate of drug-likeness (QED) is 0.261. The summed E-state index contributed by atoms with van der Waals surface area (Å²) in [6.07, 6.45) is 1.55. The van der Waals surface area contributed by atoms with E-state index in [1.54, 1.807) is 6.21 Å². The minimum absolute atomic E-state index is 0.0447. The number of nitrogens with two attached hydrogens (primary N) is 1. The monoisotopic (exact) mass is 426 g/mol. The number of rotatable bonds is 7. The van der Waals surface area contributed by atoms with Gasteiger partial charge >= 0.3 is 0 Å². The van der Waals surface area contributed by atoms with Gasteiger partial charge in [-0.1, -0.05) is 23.4 Å². The molecule has 1 aromatic carbocycles. The summed E-state index contributed by atoms with van der Waals surface area (Å²) in [5, 5.41) is 23.1. The average Bonchev–Trinajstić information content (AvgIpc) is 3.48. The molecule has 4 aromatic rings. The minimum atomic E-state index is -0.499. The van der Waals surface area contributed by atoms with Crippen LogP contribution >= 0.6 is 23.1 Å². The zero-order chi connectivity index (χ0) is 20.1. The predicted molar refractivity (Wildman–Crippen MR) is 109 cm³/mol. The minimum Gasteiger partial charge on any atom is -0.378 e. The first kappa shape index (κ1) is 18.8. The number of amides is 1. The third kappa shape index (κ3) is 4.33. The molecule has 146 valence electrons. The van der Waals surface area contributed by atoms with E-state index < -0.39 is 5.91 Å². The van der Waals surface area contributed by atoms with E-state index in [-0.39, 0.29) is 17.3 Å². The molecule has 0 aliphatic carbocycles. The van der Waals surface area contributed by atoms with Crippen LogP contribution in [0.4, 0.5) is 5.82 Å². The number of carbonyl (C=O) groups excluding carboxylic acids is 1. The van der Waals surface area contributed by atoms with Gasteiger partial charge in [-0.15, -0.1) is 16.9 Å². The van der Waals surface area contributed by atoms with Crippen LogP contribution in [0.5, 0.6) is 0 Å². The van der Waals surface area contributed by atoms with Gasteiger partial charge < -0.3 is 5.73 Å². The van der Waals surface area contributed by atoms with Gasteiger partial charge in [0, 0.05) is 16.2 Å². The molecular weight excluding hydrogens is 412 g/mol. The van der Waals surface area contributed by atoms with Crippen molar-refractivity contribution in [3.63, 3.8) is 0 Å². The van der Waals surface area contributed by atoms with Gasteiger partial charge in [-0.25, -0.2) is 10.1 Å². The highest BCUT2D eigenvalue weighted by molar-refractivity contribution is 7.98. The van der Waals surface area contributed by atoms with E-state index >= 15 is 0 Å². The number of thioether (sulfide) groups is 1. The maximum Gasteiger partial charge on any atom is 0.293 e. The first-order valence-corrected chi connectivity index (χ1v) is 10.2. The molecular formula is C17H14N8O2S2. The third-order valence-electron chi connectivity index (χ3n) is 3.72. The molecule has 10 nitrogen and oxygen atoms in total. The molecule has 0 unspecified atom stereocenters. The highest BCUT2D eigenvalue weighted by Crippen LogP contribution is 2.25. The van der Waals surface area contributed by atoms with Gasteiger partial charge in [0.05, 0.1) is 11.9 Å². The van der Waals surface area contributed by atoms with Crippen molar-refractivity contribution in [3.05, 3.63) is 64.1 Å². The molecule has 1 amide bonds. The molecule has 0 saturated carbocycles. The van der Waals surface area contributed by atoms with Gasteiger partial charge in [-0.2, -0.15) is 21.1 Å². The number of aromatic nitrogens is 5. The number of hydrazone groups is 1. The van der Waals surface area contributed by atoms with Crippen molar-refractivity contribution in [1.82, 2.24) is 30.7 Å². The number of nitrogens with zero attached hydrogens (tertiary/aromatic N) is 6. The number of thiophene rings is 1. The smallest absolute Gasteiger partial charge is 0.293 e. The van der Waals surface area contributed by atoms with Gasteiger partial charge in [0.1, 0.15) is 0 Å². The van der Waals surface area contributed by atoms with Crippen molar-refractivity contribution in [2.75, 3.05) is 5.73 Å². The summed E-state index contributed by atoms with van der Waals surface area (Å²) >= 11 is 3.05. The second kappa shape index (κ2) is 8.67. The molecule has 0 bridgehead atoms. The maximum absolute atomic E-state index is 12.6. The average molecular weight is 426 g/mol. The van der Waals surface area contributed by atoms with E-state index in [4.69, 9.17) is 5.73 Å². The van der Waals surface area contributed by atoms with Crippen LogP contribution in [0, 0.1) is 0 Å². The van der Waals surface area contributed by atoms with Gasteiger partial charge in [0.2, 0.25) is 11.6 Å². The molecule has 3 heterocycles. The highest BCUT2D eigenvalue weighted by Gasteiger charge is 2.23. The predicted octanol–water partition coefficient (Wildman–Crippen LogP) is 2.35. The van der Waals surface area contributed by atoms with Crippen LogP contribution in [0.15, 0.2) is 61.8 Å². The number of anilines is 1. The second-order valence-corrected chi connectivity index (χ2v) is 7.46. The highest BCUT2D eigenvalue weighted by atomic mass is 32.2. The van der Waals surface area contributed by atoms with E-state index in [2.05, 4.69) is 35.8 Å². The lowest BCUT2D eigenvalue weighted by Crippen LogP contribution is -2.20. The summed E-state index contributed by atoms with van der Waals surface area (Å²) in [5.74, 6) is 0.104. The molecule has 4 rings (SSSR count). The fourth-order valence-corrected chi connectivity index (χ4v) is 3.87. The van der Waals surface area contributed by atoms with Crippen LogP contribution in [0.2, 0.25) is 0 Å². The Kier molecular flexibility index (Phi) is 5.63. The number of hydrogen-bond donors (Lipinski definition) is 2. The number of benzene rings is 1. The van der Waals surface area contributed by atoms with Crippen LogP contribution in [-0.4, -0.2) is 37.4 Å². The molecule has 3 aromatic heterocycles. The third-order valence-corrected chi connectivity index (χ3v) is 5.44. The van der Waals surface area contributed by atoms with Crippen LogP contribution in [0.25, 0.3) is 5.82 Å². The van der Waals surface area contributed by atoms with Crippen LogP contribution in [-0.2, 0) is 5.75 Å². The Morgan fingerprint density at radius 3 is 2.90 bits per heavy atom. The molecule has 0 atom stereocenters. The number of carbonyl (C=O) groups is 1. The molecule has 12 heteroatoms. The Bertz CT molecular complexity index is 1120. The zero-order valence-corrected chi connectivity index (χ0v) is 16.4. The van der Waals surface area contributed by atoms with Crippen LogP contribution in [0.3, 0.4) is 0 Å². The molecule has 0 aliphatic heterocycles. The molecule has 3 N–H and O–H groups in total. The van der Waals surface area contributed by atoms with Crippen molar-refractivity contribution < 1.29 is 9.42 Å². The zero-order valence-electron chi connectivity index (χ0n) is 14.8. The lowest BCUT2D eigenvalue weighted by atomic mass is 10.3. The summed E-state index contributed by atoms with van der Waals surface area (Å²) in [7, 11) is 0. The Morgan fingerprint density at radius 1 is 1.31 bits per heavy atom. The first-order chi connectivity index (χ1) is 14.2. The van der Waals surface area contributed by atoms with Gasteiger partial charge in [0.15, 0.2) is 5.69 Å². The number of nitrogen functional groups attached to an aromatic ring is 1. The summed E-state index contributed by atoms with van der Waals surface area (Å²) in [6, 6.07) is 11.6. The molecule has 0 fully saturated rings. The van der Waals surface area contributed by atoms with Crippen molar-refractivity contribution in [2.45, 2.75) is 10.6 Å². The second-order valence-electron chi connectivity index (χ2n) is 5.63. The van der Waals surface area contributed by atoms with Crippen molar-refractivity contribution in [1.29, 1.82) is 0 Å². The van der Waals surface area contributed by atoms with E-state index in [0.717, 1.165) is 10.5 Å².